The van der Waals surface area contributed by atoms with E-state index in [2.05, 4.69) is 133 Å². The Hall–Kier alpha value is -2.58. The molecule has 180 valence electrons. The zero-order chi connectivity index (χ0) is 25.3. The first-order chi connectivity index (χ1) is 17.5. The van der Waals surface area contributed by atoms with Gasteiger partial charge in [-0.3, -0.25) is 0 Å². The molecule has 0 saturated heterocycles. The minimum absolute atomic E-state index is 1.25. The van der Waals surface area contributed by atoms with Gasteiger partial charge in [-0.1, -0.05) is 83.9 Å². The number of fused-ring (bicyclic) bond motifs is 2. The van der Waals surface area contributed by atoms with Crippen LogP contribution in [0.5, 0.6) is 0 Å². The van der Waals surface area contributed by atoms with E-state index in [-0.39, 0.29) is 0 Å². The maximum absolute atomic E-state index is 5.55. The van der Waals surface area contributed by atoms with Crippen molar-refractivity contribution in [3.8, 4) is 22.3 Å². The van der Waals surface area contributed by atoms with Gasteiger partial charge in [0, 0.05) is 0 Å². The molecule has 0 aliphatic rings. The van der Waals surface area contributed by atoms with Crippen molar-refractivity contribution in [3.63, 3.8) is 0 Å². The van der Waals surface area contributed by atoms with E-state index in [4.69, 9.17) is 17.2 Å². The van der Waals surface area contributed by atoms with Gasteiger partial charge >= 0.3 is 52.8 Å². The minimum atomic E-state index is -1.97. The molecule has 0 atom stereocenters. The second-order valence-electron chi connectivity index (χ2n) is 8.66. The van der Waals surface area contributed by atoms with Crippen molar-refractivity contribution in [3.05, 3.63) is 133 Å². The molecule has 0 aromatic heterocycles. The van der Waals surface area contributed by atoms with Gasteiger partial charge in [-0.15, -0.1) is 57.9 Å². The quantitative estimate of drug-likeness (QED) is 0.127. The molecule has 0 nitrogen and oxygen atoms in total. The molecule has 0 fully saturated rings. The van der Waals surface area contributed by atoms with Crippen molar-refractivity contribution in [1.82, 2.24) is 0 Å². The Balaban J connectivity index is 0.000000139. The van der Waals surface area contributed by atoms with Crippen molar-refractivity contribution in [2.75, 3.05) is 0 Å². The van der Waals surface area contributed by atoms with Crippen molar-refractivity contribution >= 4 is 42.0 Å². The third kappa shape index (κ3) is 6.79. The fourth-order valence-corrected chi connectivity index (χ4v) is 4.06. The first kappa shape index (κ1) is 26.5. The Labute approximate surface area is 228 Å². The number of hydrogen-bond acceptors (Lipinski definition) is 0. The van der Waals surface area contributed by atoms with E-state index in [1.165, 1.54) is 47.1 Å². The number of benzene rings is 4. The van der Waals surface area contributed by atoms with Gasteiger partial charge in [0.15, 0.2) is 0 Å². The van der Waals surface area contributed by atoms with E-state index in [1.807, 2.05) is 13.8 Å². The summed E-state index contributed by atoms with van der Waals surface area (Å²) in [7, 11) is 11.1. The Morgan fingerprint density at radius 2 is 0.917 bits per heavy atom. The van der Waals surface area contributed by atoms with Crippen LogP contribution in [0.1, 0.15) is 13.8 Å². The molecular weight excluding hydrogens is 646 g/mol. The average Bonchev–Trinajstić information content (AvgIpc) is 3.60. The number of rotatable bonds is 2. The molecule has 0 radical (unpaired) electrons. The molecule has 6 aromatic rings. The van der Waals surface area contributed by atoms with Gasteiger partial charge in [-0.05, 0) is 11.1 Å². The van der Waals surface area contributed by atoms with Gasteiger partial charge in [0.2, 0.25) is 0 Å². The normalized spacial score (nSPS) is 10.2. The van der Waals surface area contributed by atoms with Gasteiger partial charge in [-0.25, -0.2) is 0 Å². The van der Waals surface area contributed by atoms with E-state index in [1.54, 1.807) is 0 Å². The molecule has 0 bridgehead atoms. The van der Waals surface area contributed by atoms with Gasteiger partial charge in [0.1, 0.15) is 0 Å². The van der Waals surface area contributed by atoms with Crippen LogP contribution in [0, 0.1) is 0 Å². The standard InChI is InChI=1S/2C15H11.C3H6.2ClH.Hf/c2*1-2-6-12(7-3-1)14-10-4-8-13-9-5-11-15(13)14;1-3-2;;;/h2*1-11H;1-2H3;2*1H;/q2*-1;;;;+2/p-2. The summed E-state index contributed by atoms with van der Waals surface area (Å²) in [6.07, 6.45) is 0. The van der Waals surface area contributed by atoms with Gasteiger partial charge < -0.3 is 0 Å². The summed E-state index contributed by atoms with van der Waals surface area (Å²) in [4.78, 5) is 0. The second kappa shape index (κ2) is 13.1. The van der Waals surface area contributed by atoms with Gasteiger partial charge in [0.05, 0.1) is 0 Å². The zero-order valence-electron chi connectivity index (χ0n) is 20.5. The van der Waals surface area contributed by atoms with E-state index < -0.39 is 18.6 Å². The molecule has 0 unspecified atom stereocenters. The fourth-order valence-electron chi connectivity index (χ4n) is 4.06. The molecule has 0 spiro atoms. The molecule has 0 amide bonds. The SMILES string of the molecule is C[C](C)=[Hf]([Cl])[Cl].c1ccc(-c2cccc3[cH-]ccc23)cc1.c1ccc(-c2cccc3[cH-]ccc23)cc1. The Morgan fingerprint density at radius 1 is 0.528 bits per heavy atom. The van der Waals surface area contributed by atoms with Crippen LogP contribution in [0.4, 0.5) is 0 Å². The van der Waals surface area contributed by atoms with Crippen molar-refractivity contribution in [1.29, 1.82) is 0 Å². The first-order valence-electron chi connectivity index (χ1n) is 11.9. The van der Waals surface area contributed by atoms with Gasteiger partial charge in [0.25, 0.3) is 0 Å². The Kier molecular flexibility index (Phi) is 9.64. The summed E-state index contributed by atoms with van der Waals surface area (Å²) in [6, 6.07) is 46.8. The van der Waals surface area contributed by atoms with Crippen LogP contribution in [0.3, 0.4) is 0 Å². The third-order valence-electron chi connectivity index (χ3n) is 5.90. The van der Waals surface area contributed by atoms with Crippen LogP contribution < -0.4 is 0 Å². The van der Waals surface area contributed by atoms with Crippen LogP contribution in [-0.2, 0) is 18.6 Å². The van der Waals surface area contributed by atoms with Crippen LogP contribution in [0.15, 0.2) is 133 Å². The van der Waals surface area contributed by atoms with Crippen LogP contribution >= 0.6 is 17.2 Å². The monoisotopic (exact) mass is 674 g/mol. The van der Waals surface area contributed by atoms with Gasteiger partial charge in [-0.2, -0.15) is 24.3 Å². The Morgan fingerprint density at radius 3 is 1.28 bits per heavy atom. The molecule has 36 heavy (non-hydrogen) atoms. The predicted molar refractivity (Wildman–Crippen MR) is 158 cm³/mol. The zero-order valence-corrected chi connectivity index (χ0v) is 25.6. The second-order valence-corrected chi connectivity index (χ2v) is 21.9. The van der Waals surface area contributed by atoms with E-state index in [0.717, 1.165) is 0 Å². The molecule has 0 heterocycles. The van der Waals surface area contributed by atoms with E-state index in [9.17, 15) is 0 Å². The van der Waals surface area contributed by atoms with Crippen molar-refractivity contribution in [2.24, 2.45) is 0 Å². The van der Waals surface area contributed by atoms with Crippen LogP contribution in [0.25, 0.3) is 43.8 Å². The van der Waals surface area contributed by atoms with Crippen LogP contribution in [-0.4, -0.2) is 3.26 Å². The van der Waals surface area contributed by atoms with E-state index in [0.29, 0.717) is 0 Å². The maximum atomic E-state index is 5.55. The topological polar surface area (TPSA) is 0 Å². The summed E-state index contributed by atoms with van der Waals surface area (Å²) >= 11 is -1.97. The number of halogens is 2. The molecule has 6 aromatic carbocycles. The molecule has 3 heteroatoms. The molecule has 0 aliphatic heterocycles. The summed E-state index contributed by atoms with van der Waals surface area (Å²) in [5, 5.41) is 5.31. The third-order valence-corrected chi connectivity index (χ3v) is 14.8. The summed E-state index contributed by atoms with van der Waals surface area (Å²) in [6.45, 7) is 3.98. The first-order valence-corrected chi connectivity index (χ1v) is 22.6. The molecule has 6 rings (SSSR count). The molecule has 0 aliphatic carbocycles. The predicted octanol–water partition coefficient (Wildman–Crippen LogP) is 10.6. The molecule has 0 saturated carbocycles. The summed E-state index contributed by atoms with van der Waals surface area (Å²) in [5.74, 6) is 0. The smallest absolute Gasteiger partial charge is 0.0279 e. The van der Waals surface area contributed by atoms with Crippen LogP contribution in [0.2, 0.25) is 0 Å². The molecule has 0 N–H and O–H groups in total. The fraction of sp³-hybridized carbons (Fsp3) is 0.0606. The number of hydrogen-bond donors (Lipinski definition) is 0. The maximum Gasteiger partial charge on any atom is -0.0279 e. The van der Waals surface area contributed by atoms with Crippen molar-refractivity contribution in [2.45, 2.75) is 13.8 Å². The largest absolute Gasteiger partial charge is 0.168 e. The average molecular weight is 674 g/mol. The Bertz CT molecular complexity index is 1430. The summed E-state index contributed by atoms with van der Waals surface area (Å²) in [5.41, 5.74) is 5.21. The summed E-state index contributed by atoms with van der Waals surface area (Å²) < 4.78 is 1.25. The van der Waals surface area contributed by atoms with Crippen molar-refractivity contribution < 1.29 is 18.6 Å². The molecular formula is C33H28Cl2Hf-2. The van der Waals surface area contributed by atoms with E-state index >= 15 is 0 Å². The minimum Gasteiger partial charge on any atom is -0.168 e.